The molecule has 3 aromatic rings. The van der Waals surface area contributed by atoms with E-state index in [4.69, 9.17) is 0 Å². The SMILES string of the molecule is c1cnc(Cn2c(NC3CCNCC3)nc3cncnc32)cn1. The Morgan fingerprint density at radius 1 is 1.13 bits per heavy atom. The molecule has 3 aromatic heterocycles. The molecule has 0 amide bonds. The zero-order chi connectivity index (χ0) is 15.5. The van der Waals surface area contributed by atoms with Crippen molar-refractivity contribution in [2.24, 2.45) is 0 Å². The van der Waals surface area contributed by atoms with Crippen LogP contribution in [0.15, 0.2) is 31.1 Å². The molecule has 0 bridgehead atoms. The molecule has 1 aliphatic rings. The normalized spacial score (nSPS) is 15.8. The third-order valence-corrected chi connectivity index (χ3v) is 4.02. The molecule has 4 rings (SSSR count). The van der Waals surface area contributed by atoms with Crippen molar-refractivity contribution in [3.63, 3.8) is 0 Å². The van der Waals surface area contributed by atoms with Gasteiger partial charge in [0.1, 0.15) is 11.8 Å². The van der Waals surface area contributed by atoms with Crippen LogP contribution < -0.4 is 10.6 Å². The fourth-order valence-corrected chi connectivity index (χ4v) is 2.86. The molecule has 1 saturated heterocycles. The number of aromatic nitrogens is 6. The lowest BCUT2D eigenvalue weighted by molar-refractivity contribution is 0.475. The number of rotatable bonds is 4. The number of fused-ring (bicyclic) bond motifs is 1. The molecule has 8 nitrogen and oxygen atoms in total. The number of hydrogen-bond donors (Lipinski definition) is 2. The van der Waals surface area contributed by atoms with Crippen LogP contribution in [0.5, 0.6) is 0 Å². The van der Waals surface area contributed by atoms with Gasteiger partial charge >= 0.3 is 0 Å². The molecule has 2 N–H and O–H groups in total. The minimum atomic E-state index is 0.418. The summed E-state index contributed by atoms with van der Waals surface area (Å²) in [5.74, 6) is 0.818. The van der Waals surface area contributed by atoms with Gasteiger partial charge in [-0.05, 0) is 25.9 Å². The number of imidazole rings is 1. The molecule has 1 fully saturated rings. The zero-order valence-electron chi connectivity index (χ0n) is 12.7. The molecule has 0 spiro atoms. The second-order valence-corrected chi connectivity index (χ2v) is 5.62. The molecular weight excluding hydrogens is 292 g/mol. The van der Waals surface area contributed by atoms with Crippen molar-refractivity contribution in [3.8, 4) is 0 Å². The Balaban J connectivity index is 1.69. The van der Waals surface area contributed by atoms with E-state index in [1.54, 1.807) is 31.1 Å². The summed E-state index contributed by atoms with van der Waals surface area (Å²) in [6.45, 7) is 2.64. The summed E-state index contributed by atoms with van der Waals surface area (Å²) in [5, 5.41) is 6.93. The van der Waals surface area contributed by atoms with Crippen LogP contribution in [-0.2, 0) is 6.54 Å². The first kappa shape index (κ1) is 14.0. The van der Waals surface area contributed by atoms with E-state index in [1.165, 1.54) is 0 Å². The first-order valence-corrected chi connectivity index (χ1v) is 7.78. The van der Waals surface area contributed by atoms with Gasteiger partial charge in [-0.3, -0.25) is 14.5 Å². The van der Waals surface area contributed by atoms with E-state index in [-0.39, 0.29) is 0 Å². The molecule has 4 heterocycles. The van der Waals surface area contributed by atoms with Crippen LogP contribution in [0.3, 0.4) is 0 Å². The topological polar surface area (TPSA) is 93.4 Å². The van der Waals surface area contributed by atoms with Crippen molar-refractivity contribution in [2.75, 3.05) is 18.4 Å². The Labute approximate surface area is 133 Å². The van der Waals surface area contributed by atoms with Crippen molar-refractivity contribution in [1.29, 1.82) is 0 Å². The molecule has 0 aliphatic carbocycles. The highest BCUT2D eigenvalue weighted by Gasteiger charge is 2.18. The van der Waals surface area contributed by atoms with Gasteiger partial charge in [-0.25, -0.2) is 15.0 Å². The summed E-state index contributed by atoms with van der Waals surface area (Å²) in [7, 11) is 0. The van der Waals surface area contributed by atoms with Crippen molar-refractivity contribution in [1.82, 2.24) is 34.8 Å². The Kier molecular flexibility index (Phi) is 3.81. The molecule has 0 radical (unpaired) electrons. The first-order valence-electron chi connectivity index (χ1n) is 7.78. The lowest BCUT2D eigenvalue weighted by atomic mass is 10.1. The van der Waals surface area contributed by atoms with E-state index in [0.29, 0.717) is 12.6 Å². The lowest BCUT2D eigenvalue weighted by Gasteiger charge is -2.24. The van der Waals surface area contributed by atoms with Crippen LogP contribution >= 0.6 is 0 Å². The quantitative estimate of drug-likeness (QED) is 0.737. The molecular formula is C15H18N8. The molecule has 118 valence electrons. The van der Waals surface area contributed by atoms with Gasteiger partial charge < -0.3 is 10.6 Å². The maximum Gasteiger partial charge on any atom is 0.205 e. The largest absolute Gasteiger partial charge is 0.353 e. The maximum absolute atomic E-state index is 4.66. The van der Waals surface area contributed by atoms with Gasteiger partial charge in [0.25, 0.3) is 0 Å². The first-order chi connectivity index (χ1) is 11.4. The van der Waals surface area contributed by atoms with E-state index in [1.807, 2.05) is 4.57 Å². The fourth-order valence-electron chi connectivity index (χ4n) is 2.86. The summed E-state index contributed by atoms with van der Waals surface area (Å²) in [5.41, 5.74) is 2.47. The number of nitrogens with one attached hydrogen (secondary N) is 2. The van der Waals surface area contributed by atoms with Crippen LogP contribution in [0.2, 0.25) is 0 Å². The van der Waals surface area contributed by atoms with Crippen LogP contribution in [-0.4, -0.2) is 48.6 Å². The van der Waals surface area contributed by atoms with Crippen molar-refractivity contribution >= 4 is 17.1 Å². The third kappa shape index (κ3) is 2.98. The third-order valence-electron chi connectivity index (χ3n) is 4.02. The van der Waals surface area contributed by atoms with Crippen LogP contribution in [0.25, 0.3) is 11.2 Å². The van der Waals surface area contributed by atoms with Crippen LogP contribution in [0, 0.1) is 0 Å². The smallest absolute Gasteiger partial charge is 0.205 e. The second-order valence-electron chi connectivity index (χ2n) is 5.62. The fraction of sp³-hybridized carbons (Fsp3) is 0.400. The van der Waals surface area contributed by atoms with Crippen molar-refractivity contribution in [3.05, 3.63) is 36.8 Å². The average Bonchev–Trinajstić information content (AvgIpc) is 2.94. The molecule has 0 atom stereocenters. The Hall–Kier alpha value is -2.61. The van der Waals surface area contributed by atoms with Crippen LogP contribution in [0.4, 0.5) is 5.95 Å². The Bertz CT molecular complexity index is 779. The summed E-state index contributed by atoms with van der Waals surface area (Å²) in [6.07, 6.45) is 10.6. The molecule has 8 heteroatoms. The van der Waals surface area contributed by atoms with Gasteiger partial charge in [-0.1, -0.05) is 0 Å². The zero-order valence-corrected chi connectivity index (χ0v) is 12.7. The van der Waals surface area contributed by atoms with Crippen LogP contribution in [0.1, 0.15) is 18.5 Å². The maximum atomic E-state index is 4.66. The second kappa shape index (κ2) is 6.25. The van der Waals surface area contributed by atoms with Gasteiger partial charge in [0.15, 0.2) is 5.65 Å². The van der Waals surface area contributed by atoms with Crippen molar-refractivity contribution in [2.45, 2.75) is 25.4 Å². The summed E-state index contributed by atoms with van der Waals surface area (Å²) in [4.78, 5) is 21.6. The number of nitrogens with zero attached hydrogens (tertiary/aromatic N) is 6. The molecule has 0 aromatic carbocycles. The highest BCUT2D eigenvalue weighted by molar-refractivity contribution is 5.73. The predicted molar refractivity (Wildman–Crippen MR) is 86.0 cm³/mol. The molecule has 23 heavy (non-hydrogen) atoms. The predicted octanol–water partition coefficient (Wildman–Crippen LogP) is 0.828. The van der Waals surface area contributed by atoms with Gasteiger partial charge in [0.2, 0.25) is 5.95 Å². The lowest BCUT2D eigenvalue weighted by Crippen LogP contribution is -2.36. The standard InChI is InChI=1S/C15H18N8/c1-3-16-4-2-11(1)21-15-22-13-8-18-10-20-14(13)23(15)9-12-7-17-5-6-19-12/h5-8,10-11,16H,1-4,9H2,(H,21,22). The number of piperidine rings is 1. The molecule has 0 saturated carbocycles. The summed E-state index contributed by atoms with van der Waals surface area (Å²) in [6, 6.07) is 0.418. The van der Waals surface area contributed by atoms with E-state index >= 15 is 0 Å². The van der Waals surface area contributed by atoms with Gasteiger partial charge in [0, 0.05) is 18.4 Å². The number of hydrogen-bond acceptors (Lipinski definition) is 7. The van der Waals surface area contributed by atoms with Gasteiger partial charge in [0.05, 0.1) is 24.6 Å². The van der Waals surface area contributed by atoms with E-state index in [0.717, 1.165) is 48.7 Å². The Morgan fingerprint density at radius 2 is 2.04 bits per heavy atom. The highest BCUT2D eigenvalue weighted by Crippen LogP contribution is 2.20. The summed E-state index contributed by atoms with van der Waals surface area (Å²) < 4.78 is 2.04. The molecule has 0 unspecified atom stereocenters. The van der Waals surface area contributed by atoms with E-state index in [2.05, 4.69) is 35.6 Å². The average molecular weight is 310 g/mol. The minimum Gasteiger partial charge on any atom is -0.353 e. The molecule has 1 aliphatic heterocycles. The van der Waals surface area contributed by atoms with Gasteiger partial charge in [-0.2, -0.15) is 0 Å². The number of anilines is 1. The highest BCUT2D eigenvalue weighted by atomic mass is 15.3. The van der Waals surface area contributed by atoms with Gasteiger partial charge in [-0.15, -0.1) is 0 Å². The van der Waals surface area contributed by atoms with Crippen molar-refractivity contribution < 1.29 is 0 Å². The van der Waals surface area contributed by atoms with E-state index < -0.39 is 0 Å². The Morgan fingerprint density at radius 3 is 2.87 bits per heavy atom. The summed E-state index contributed by atoms with van der Waals surface area (Å²) >= 11 is 0. The van der Waals surface area contributed by atoms with E-state index in [9.17, 15) is 0 Å². The minimum absolute atomic E-state index is 0.418. The monoisotopic (exact) mass is 310 g/mol.